The Morgan fingerprint density at radius 3 is 2.31 bits per heavy atom. The molecule has 4 nitrogen and oxygen atoms in total. The van der Waals surface area contributed by atoms with Crippen molar-refractivity contribution in [1.82, 2.24) is 14.8 Å². The van der Waals surface area contributed by atoms with Crippen molar-refractivity contribution in [2.45, 2.75) is 19.6 Å². The molecule has 1 fully saturated rings. The molecule has 1 aliphatic heterocycles. The third-order valence-electron chi connectivity index (χ3n) is 5.52. The Labute approximate surface area is 155 Å². The molecule has 1 aromatic heterocycles. The van der Waals surface area contributed by atoms with Crippen LogP contribution in [0.1, 0.15) is 16.7 Å². The van der Waals surface area contributed by atoms with Gasteiger partial charge in [0.05, 0.1) is 6.61 Å². The van der Waals surface area contributed by atoms with Gasteiger partial charge in [-0.05, 0) is 29.2 Å². The number of fused-ring (bicyclic) bond motifs is 1. The molecule has 1 aliphatic rings. The van der Waals surface area contributed by atoms with Crippen LogP contribution in [0.2, 0.25) is 0 Å². The van der Waals surface area contributed by atoms with Crippen molar-refractivity contribution in [3.8, 4) is 0 Å². The van der Waals surface area contributed by atoms with Gasteiger partial charge in [-0.2, -0.15) is 0 Å². The average molecular weight is 349 g/mol. The van der Waals surface area contributed by atoms with Crippen LogP contribution in [0, 0.1) is 0 Å². The van der Waals surface area contributed by atoms with Crippen molar-refractivity contribution in [2.75, 3.05) is 32.7 Å². The summed E-state index contributed by atoms with van der Waals surface area (Å²) in [5, 5.41) is 10.8. The first kappa shape index (κ1) is 17.3. The molecule has 0 radical (unpaired) electrons. The van der Waals surface area contributed by atoms with Crippen LogP contribution in [-0.4, -0.2) is 52.6 Å². The maximum atomic E-state index is 9.50. The summed E-state index contributed by atoms with van der Waals surface area (Å²) in [6, 6.07) is 16.8. The first-order valence-corrected chi connectivity index (χ1v) is 9.51. The van der Waals surface area contributed by atoms with Crippen LogP contribution >= 0.6 is 0 Å². The standard InChI is InChI=1S/C22H27N3O/c26-17-20-6-2-1-5-19(20)16-25-13-11-24(12-14-25)10-9-18-15-23-22-8-4-3-7-21(18)22/h1-8,15,23,26H,9-14,16-17H2. The first-order valence-electron chi connectivity index (χ1n) is 9.51. The molecule has 0 spiro atoms. The fraction of sp³-hybridized carbons (Fsp3) is 0.364. The van der Waals surface area contributed by atoms with Gasteiger partial charge >= 0.3 is 0 Å². The fourth-order valence-corrected chi connectivity index (χ4v) is 3.89. The minimum absolute atomic E-state index is 0.126. The summed E-state index contributed by atoms with van der Waals surface area (Å²) >= 11 is 0. The highest BCUT2D eigenvalue weighted by Crippen LogP contribution is 2.19. The van der Waals surface area contributed by atoms with Crippen LogP contribution in [0.5, 0.6) is 0 Å². The van der Waals surface area contributed by atoms with Gasteiger partial charge in [-0.15, -0.1) is 0 Å². The number of benzene rings is 2. The van der Waals surface area contributed by atoms with Crippen LogP contribution in [0.3, 0.4) is 0 Å². The van der Waals surface area contributed by atoms with Crippen molar-refractivity contribution in [1.29, 1.82) is 0 Å². The summed E-state index contributed by atoms with van der Waals surface area (Å²) in [6.07, 6.45) is 3.25. The Morgan fingerprint density at radius 2 is 1.50 bits per heavy atom. The molecule has 1 saturated heterocycles. The minimum atomic E-state index is 0.126. The quantitative estimate of drug-likeness (QED) is 0.719. The second kappa shape index (κ2) is 8.04. The lowest BCUT2D eigenvalue weighted by atomic mass is 10.1. The molecular formula is C22H27N3O. The van der Waals surface area contributed by atoms with Gasteiger partial charge in [0.15, 0.2) is 0 Å². The molecule has 2 aromatic carbocycles. The number of hydrogen-bond acceptors (Lipinski definition) is 3. The molecule has 26 heavy (non-hydrogen) atoms. The number of H-pyrrole nitrogens is 1. The van der Waals surface area contributed by atoms with E-state index in [2.05, 4.69) is 57.4 Å². The maximum absolute atomic E-state index is 9.50. The summed E-state index contributed by atoms with van der Waals surface area (Å²) < 4.78 is 0. The molecule has 2 heterocycles. The second-order valence-electron chi connectivity index (χ2n) is 7.15. The normalized spacial score (nSPS) is 16.3. The van der Waals surface area contributed by atoms with Crippen molar-refractivity contribution in [3.63, 3.8) is 0 Å². The summed E-state index contributed by atoms with van der Waals surface area (Å²) in [5.41, 5.74) is 4.95. The van der Waals surface area contributed by atoms with Crippen LogP contribution in [0.4, 0.5) is 0 Å². The third-order valence-corrected chi connectivity index (χ3v) is 5.52. The van der Waals surface area contributed by atoms with E-state index in [0.29, 0.717) is 0 Å². The summed E-state index contributed by atoms with van der Waals surface area (Å²) in [5.74, 6) is 0. The molecule has 136 valence electrons. The third kappa shape index (κ3) is 3.83. The van der Waals surface area contributed by atoms with Crippen LogP contribution < -0.4 is 0 Å². The summed E-state index contributed by atoms with van der Waals surface area (Å²) in [7, 11) is 0. The van der Waals surface area contributed by atoms with Gasteiger partial charge in [0.25, 0.3) is 0 Å². The van der Waals surface area contributed by atoms with Gasteiger partial charge < -0.3 is 15.0 Å². The Bertz CT molecular complexity index is 849. The van der Waals surface area contributed by atoms with Crippen molar-refractivity contribution in [3.05, 3.63) is 71.4 Å². The van der Waals surface area contributed by atoms with E-state index in [1.165, 1.54) is 22.0 Å². The Hall–Kier alpha value is -2.14. The highest BCUT2D eigenvalue weighted by atomic mass is 16.3. The van der Waals surface area contributed by atoms with Gasteiger partial charge in [0, 0.05) is 56.4 Å². The summed E-state index contributed by atoms with van der Waals surface area (Å²) in [6.45, 7) is 6.59. The van der Waals surface area contributed by atoms with E-state index >= 15 is 0 Å². The lowest BCUT2D eigenvalue weighted by Crippen LogP contribution is -2.46. The minimum Gasteiger partial charge on any atom is -0.392 e. The number of piperazine rings is 1. The largest absolute Gasteiger partial charge is 0.392 e. The van der Waals surface area contributed by atoms with Crippen molar-refractivity contribution in [2.24, 2.45) is 0 Å². The van der Waals surface area contributed by atoms with Gasteiger partial charge in [-0.3, -0.25) is 4.90 Å². The van der Waals surface area contributed by atoms with E-state index in [9.17, 15) is 5.11 Å². The Balaban J connectivity index is 1.28. The Kier molecular flexibility index (Phi) is 5.34. The molecule has 3 aromatic rings. The van der Waals surface area contributed by atoms with Gasteiger partial charge in [0.2, 0.25) is 0 Å². The molecule has 0 unspecified atom stereocenters. The maximum Gasteiger partial charge on any atom is 0.0685 e. The number of aromatic nitrogens is 1. The predicted octanol–water partition coefficient (Wildman–Crippen LogP) is 3.02. The number of rotatable bonds is 6. The van der Waals surface area contributed by atoms with Gasteiger partial charge in [0.1, 0.15) is 0 Å². The van der Waals surface area contributed by atoms with Crippen molar-refractivity contribution >= 4 is 10.9 Å². The SMILES string of the molecule is OCc1ccccc1CN1CCN(CCc2c[nH]c3ccccc23)CC1. The monoisotopic (exact) mass is 349 g/mol. The second-order valence-corrected chi connectivity index (χ2v) is 7.15. The highest BCUT2D eigenvalue weighted by molar-refractivity contribution is 5.83. The predicted molar refractivity (Wildman–Crippen MR) is 106 cm³/mol. The highest BCUT2D eigenvalue weighted by Gasteiger charge is 2.18. The fourth-order valence-electron chi connectivity index (χ4n) is 3.89. The Morgan fingerprint density at radius 1 is 0.808 bits per heavy atom. The molecule has 0 amide bonds. The lowest BCUT2D eigenvalue weighted by Gasteiger charge is -2.35. The van der Waals surface area contributed by atoms with E-state index in [-0.39, 0.29) is 6.61 Å². The number of hydrogen-bond donors (Lipinski definition) is 2. The van der Waals surface area contributed by atoms with E-state index in [1.807, 2.05) is 12.1 Å². The first-order chi connectivity index (χ1) is 12.8. The molecule has 0 aliphatic carbocycles. The smallest absolute Gasteiger partial charge is 0.0685 e. The van der Waals surface area contributed by atoms with E-state index in [1.54, 1.807) is 0 Å². The topological polar surface area (TPSA) is 42.5 Å². The van der Waals surface area contributed by atoms with E-state index < -0.39 is 0 Å². The molecule has 0 saturated carbocycles. The van der Waals surface area contributed by atoms with Crippen LogP contribution in [-0.2, 0) is 19.6 Å². The molecular weight excluding hydrogens is 322 g/mol. The number of aliphatic hydroxyl groups is 1. The zero-order valence-electron chi connectivity index (χ0n) is 15.2. The zero-order valence-corrected chi connectivity index (χ0v) is 15.2. The molecule has 4 heteroatoms. The molecule has 2 N–H and O–H groups in total. The summed E-state index contributed by atoms with van der Waals surface area (Å²) in [4.78, 5) is 8.44. The molecule has 0 atom stereocenters. The van der Waals surface area contributed by atoms with Crippen LogP contribution in [0.15, 0.2) is 54.7 Å². The van der Waals surface area contributed by atoms with Crippen LogP contribution in [0.25, 0.3) is 10.9 Å². The number of aromatic amines is 1. The van der Waals surface area contributed by atoms with E-state index in [4.69, 9.17) is 0 Å². The van der Waals surface area contributed by atoms with Crippen molar-refractivity contribution < 1.29 is 5.11 Å². The van der Waals surface area contributed by atoms with E-state index in [0.717, 1.165) is 51.3 Å². The molecule has 0 bridgehead atoms. The number of nitrogens with zero attached hydrogens (tertiary/aromatic N) is 2. The number of para-hydroxylation sites is 1. The average Bonchev–Trinajstić information content (AvgIpc) is 3.11. The zero-order chi connectivity index (χ0) is 17.8. The lowest BCUT2D eigenvalue weighted by molar-refractivity contribution is 0.127. The van der Waals surface area contributed by atoms with Gasteiger partial charge in [-0.1, -0.05) is 42.5 Å². The van der Waals surface area contributed by atoms with Gasteiger partial charge in [-0.25, -0.2) is 0 Å². The molecule has 4 rings (SSSR count). The number of nitrogens with one attached hydrogen (secondary N) is 1. The number of aliphatic hydroxyl groups excluding tert-OH is 1.